The van der Waals surface area contributed by atoms with Gasteiger partial charge in [0.05, 0.1) is 6.54 Å². The molecule has 2 aromatic rings. The lowest BCUT2D eigenvalue weighted by atomic mass is 10.3. The van der Waals surface area contributed by atoms with Crippen molar-refractivity contribution in [2.24, 2.45) is 0 Å². The van der Waals surface area contributed by atoms with Crippen LogP contribution in [-0.2, 0) is 6.54 Å². The third-order valence-corrected chi connectivity index (χ3v) is 2.10. The monoisotopic (exact) mass is 218 g/mol. The first-order valence-corrected chi connectivity index (χ1v) is 5.33. The van der Waals surface area contributed by atoms with Crippen molar-refractivity contribution in [1.82, 2.24) is 20.5 Å². The fourth-order valence-corrected chi connectivity index (χ4v) is 1.31. The van der Waals surface area contributed by atoms with Crippen LogP contribution in [0.25, 0.3) is 11.5 Å². The molecule has 2 rings (SSSR count). The minimum atomic E-state index is 0.538. The summed E-state index contributed by atoms with van der Waals surface area (Å²) < 4.78 is 5.50. The Morgan fingerprint density at radius 3 is 2.81 bits per heavy atom. The molecule has 84 valence electrons. The summed E-state index contributed by atoms with van der Waals surface area (Å²) in [6, 6.07) is 3.69. The van der Waals surface area contributed by atoms with E-state index >= 15 is 0 Å². The second kappa shape index (κ2) is 5.37. The van der Waals surface area contributed by atoms with Gasteiger partial charge in [-0.05, 0) is 25.1 Å². The molecule has 5 nitrogen and oxygen atoms in total. The average Bonchev–Trinajstić information content (AvgIpc) is 2.79. The highest BCUT2D eigenvalue weighted by Gasteiger charge is 2.06. The minimum Gasteiger partial charge on any atom is -0.419 e. The van der Waals surface area contributed by atoms with Gasteiger partial charge in [-0.25, -0.2) is 0 Å². The van der Waals surface area contributed by atoms with Crippen LogP contribution in [0.3, 0.4) is 0 Å². The van der Waals surface area contributed by atoms with E-state index in [0.29, 0.717) is 18.3 Å². The van der Waals surface area contributed by atoms with E-state index in [1.54, 1.807) is 12.4 Å². The third kappa shape index (κ3) is 2.64. The van der Waals surface area contributed by atoms with Crippen molar-refractivity contribution < 1.29 is 4.42 Å². The first-order chi connectivity index (χ1) is 7.90. The summed E-state index contributed by atoms with van der Waals surface area (Å²) in [6.45, 7) is 3.68. The van der Waals surface area contributed by atoms with Crippen molar-refractivity contribution in [3.05, 3.63) is 30.4 Å². The molecule has 0 radical (unpaired) electrons. The number of nitrogens with one attached hydrogen (secondary N) is 1. The maximum absolute atomic E-state index is 5.50. The molecule has 0 aliphatic rings. The predicted molar refractivity (Wildman–Crippen MR) is 59.5 cm³/mol. The average molecular weight is 218 g/mol. The molecule has 16 heavy (non-hydrogen) atoms. The highest BCUT2D eigenvalue weighted by molar-refractivity contribution is 5.50. The maximum atomic E-state index is 5.50. The second-order valence-corrected chi connectivity index (χ2v) is 3.41. The van der Waals surface area contributed by atoms with Crippen molar-refractivity contribution >= 4 is 0 Å². The summed E-state index contributed by atoms with van der Waals surface area (Å²) in [5.41, 5.74) is 0.893. The molecule has 0 fully saturated rings. The molecule has 2 aromatic heterocycles. The summed E-state index contributed by atoms with van der Waals surface area (Å²) in [5.74, 6) is 1.15. The third-order valence-electron chi connectivity index (χ3n) is 2.10. The summed E-state index contributed by atoms with van der Waals surface area (Å²) >= 11 is 0. The van der Waals surface area contributed by atoms with Crippen molar-refractivity contribution in [3.8, 4) is 11.5 Å². The zero-order valence-corrected chi connectivity index (χ0v) is 9.18. The first kappa shape index (κ1) is 10.8. The van der Waals surface area contributed by atoms with Crippen LogP contribution >= 0.6 is 0 Å². The molecule has 5 heteroatoms. The Kier molecular flexibility index (Phi) is 3.61. The Hall–Kier alpha value is -1.75. The van der Waals surface area contributed by atoms with Crippen LogP contribution in [0, 0.1) is 0 Å². The lowest BCUT2D eigenvalue weighted by molar-refractivity contribution is 0.477. The van der Waals surface area contributed by atoms with Crippen molar-refractivity contribution in [2.75, 3.05) is 6.54 Å². The molecule has 1 N–H and O–H groups in total. The van der Waals surface area contributed by atoms with Crippen LogP contribution in [-0.4, -0.2) is 21.7 Å². The van der Waals surface area contributed by atoms with Crippen LogP contribution in [0.15, 0.2) is 28.9 Å². The molecule has 0 atom stereocenters. The highest BCUT2D eigenvalue weighted by atomic mass is 16.4. The van der Waals surface area contributed by atoms with Crippen LogP contribution in [0.4, 0.5) is 0 Å². The van der Waals surface area contributed by atoms with E-state index in [2.05, 4.69) is 27.4 Å². The smallest absolute Gasteiger partial charge is 0.247 e. The van der Waals surface area contributed by atoms with Gasteiger partial charge in [-0.3, -0.25) is 4.98 Å². The number of rotatable bonds is 5. The molecule has 0 unspecified atom stereocenters. The van der Waals surface area contributed by atoms with Gasteiger partial charge in [-0.15, -0.1) is 10.2 Å². The quantitative estimate of drug-likeness (QED) is 0.773. The molecule has 0 bridgehead atoms. The van der Waals surface area contributed by atoms with Gasteiger partial charge in [0.2, 0.25) is 11.8 Å². The topological polar surface area (TPSA) is 63.8 Å². The summed E-state index contributed by atoms with van der Waals surface area (Å²) in [6.07, 6.45) is 4.49. The van der Waals surface area contributed by atoms with Gasteiger partial charge in [0.25, 0.3) is 0 Å². The number of nitrogens with zero attached hydrogens (tertiary/aromatic N) is 3. The van der Waals surface area contributed by atoms with Gasteiger partial charge >= 0.3 is 0 Å². The standard InChI is InChI=1S/C11H14N4O/c1-2-5-13-8-10-14-15-11(16-10)9-3-6-12-7-4-9/h3-4,6-7,13H,2,5,8H2,1H3. The van der Waals surface area contributed by atoms with E-state index in [1.807, 2.05) is 12.1 Å². The normalized spacial score (nSPS) is 10.6. The molecular weight excluding hydrogens is 204 g/mol. The van der Waals surface area contributed by atoms with E-state index in [-0.39, 0.29) is 0 Å². The molecule has 0 saturated heterocycles. The van der Waals surface area contributed by atoms with E-state index < -0.39 is 0 Å². The van der Waals surface area contributed by atoms with Crippen molar-refractivity contribution in [2.45, 2.75) is 19.9 Å². The molecule has 0 amide bonds. The summed E-state index contributed by atoms with van der Waals surface area (Å²) in [7, 11) is 0. The van der Waals surface area contributed by atoms with Gasteiger partial charge in [-0.1, -0.05) is 6.92 Å². The number of hydrogen-bond acceptors (Lipinski definition) is 5. The van der Waals surface area contributed by atoms with Crippen LogP contribution in [0.2, 0.25) is 0 Å². The molecule has 0 spiro atoms. The SMILES string of the molecule is CCCNCc1nnc(-c2ccncc2)o1. The number of aromatic nitrogens is 3. The fraction of sp³-hybridized carbons (Fsp3) is 0.364. The molecule has 0 saturated carbocycles. The Labute approximate surface area is 93.9 Å². The maximum Gasteiger partial charge on any atom is 0.247 e. The second-order valence-electron chi connectivity index (χ2n) is 3.41. The van der Waals surface area contributed by atoms with E-state index in [4.69, 9.17) is 4.42 Å². The van der Waals surface area contributed by atoms with E-state index in [1.165, 1.54) is 0 Å². The molecule has 2 heterocycles. The van der Waals surface area contributed by atoms with Crippen LogP contribution in [0.1, 0.15) is 19.2 Å². The zero-order chi connectivity index (χ0) is 11.2. The summed E-state index contributed by atoms with van der Waals surface area (Å²) in [5, 5.41) is 11.2. The fourth-order valence-electron chi connectivity index (χ4n) is 1.31. The van der Waals surface area contributed by atoms with Gasteiger partial charge in [-0.2, -0.15) is 0 Å². The van der Waals surface area contributed by atoms with Gasteiger partial charge in [0.1, 0.15) is 0 Å². The van der Waals surface area contributed by atoms with Crippen molar-refractivity contribution in [1.29, 1.82) is 0 Å². The Balaban J connectivity index is 2.02. The van der Waals surface area contributed by atoms with Crippen LogP contribution < -0.4 is 5.32 Å². The van der Waals surface area contributed by atoms with Gasteiger partial charge in [0, 0.05) is 18.0 Å². The Morgan fingerprint density at radius 1 is 1.25 bits per heavy atom. The molecule has 0 aliphatic heterocycles. The number of pyridine rings is 1. The Bertz CT molecular complexity index is 427. The largest absolute Gasteiger partial charge is 0.419 e. The van der Waals surface area contributed by atoms with Gasteiger partial charge in [0.15, 0.2) is 0 Å². The highest BCUT2D eigenvalue weighted by Crippen LogP contribution is 2.15. The minimum absolute atomic E-state index is 0.538. The molecule has 0 aromatic carbocycles. The predicted octanol–water partition coefficient (Wildman–Crippen LogP) is 1.63. The van der Waals surface area contributed by atoms with Crippen molar-refractivity contribution in [3.63, 3.8) is 0 Å². The van der Waals surface area contributed by atoms with Crippen LogP contribution in [0.5, 0.6) is 0 Å². The lowest BCUT2D eigenvalue weighted by Crippen LogP contribution is -2.13. The summed E-state index contributed by atoms with van der Waals surface area (Å²) in [4.78, 5) is 3.94. The van der Waals surface area contributed by atoms with E-state index in [0.717, 1.165) is 18.5 Å². The molecule has 0 aliphatic carbocycles. The number of hydrogen-bond donors (Lipinski definition) is 1. The van der Waals surface area contributed by atoms with E-state index in [9.17, 15) is 0 Å². The van der Waals surface area contributed by atoms with Gasteiger partial charge < -0.3 is 9.73 Å². The Morgan fingerprint density at radius 2 is 2.06 bits per heavy atom. The molecular formula is C11H14N4O. The zero-order valence-electron chi connectivity index (χ0n) is 9.18. The lowest BCUT2D eigenvalue weighted by Gasteiger charge is -1.96. The first-order valence-electron chi connectivity index (χ1n) is 5.33.